The molecule has 0 radical (unpaired) electrons. The summed E-state index contributed by atoms with van der Waals surface area (Å²) >= 11 is 0. The van der Waals surface area contributed by atoms with Crippen molar-refractivity contribution in [3.05, 3.63) is 65.5 Å². The van der Waals surface area contributed by atoms with Gasteiger partial charge in [-0.25, -0.2) is 18.3 Å². The second kappa shape index (κ2) is 6.67. The molecule has 2 heterocycles. The maximum Gasteiger partial charge on any atom is 0.407 e. The number of nitrogens with one attached hydrogen (secondary N) is 2. The molecule has 4 rings (SSSR count). The lowest BCUT2D eigenvalue weighted by atomic mass is 10.1. The largest absolute Gasteiger partial charge is 0.439 e. The number of nitrogens with zero attached hydrogens (tertiary/aromatic N) is 3. The first-order valence-electron chi connectivity index (χ1n) is 8.17. The quantitative estimate of drug-likeness (QED) is 0.730. The summed E-state index contributed by atoms with van der Waals surface area (Å²) in [5.74, 6) is -1.13. The van der Waals surface area contributed by atoms with E-state index in [0.29, 0.717) is 12.2 Å². The summed E-state index contributed by atoms with van der Waals surface area (Å²) in [6, 6.07) is 8.76. The average molecular weight is 373 g/mol. The van der Waals surface area contributed by atoms with E-state index >= 15 is 0 Å². The third-order valence-electron chi connectivity index (χ3n) is 4.01. The number of aryl methyl sites for hydroxylation is 1. The third kappa shape index (κ3) is 3.71. The number of amides is 1. The molecule has 2 aromatic carbocycles. The van der Waals surface area contributed by atoms with Gasteiger partial charge in [-0.15, -0.1) is 5.10 Å². The van der Waals surface area contributed by atoms with E-state index in [4.69, 9.17) is 4.74 Å². The van der Waals surface area contributed by atoms with Crippen LogP contribution >= 0.6 is 0 Å². The number of hydrogen-bond donors (Lipinski definition) is 2. The number of ether oxygens (including phenoxy) is 1. The summed E-state index contributed by atoms with van der Waals surface area (Å²) in [6.07, 6.45) is 0.549. The maximum atomic E-state index is 13.4. The Kier molecular flexibility index (Phi) is 4.19. The number of aromatic nitrogens is 3. The fraction of sp³-hybridized carbons (Fsp3) is 0.167. The van der Waals surface area contributed by atoms with Crippen LogP contribution in [-0.2, 0) is 4.74 Å². The van der Waals surface area contributed by atoms with E-state index < -0.39 is 17.7 Å². The van der Waals surface area contributed by atoms with Crippen molar-refractivity contribution in [2.75, 3.05) is 11.9 Å². The fourth-order valence-electron chi connectivity index (χ4n) is 2.89. The number of cyclic esters (lactones) is 1. The third-order valence-corrected chi connectivity index (χ3v) is 4.01. The minimum atomic E-state index is -0.696. The molecule has 1 saturated heterocycles. The Hall–Kier alpha value is -3.49. The van der Waals surface area contributed by atoms with Crippen molar-refractivity contribution in [1.29, 1.82) is 0 Å². The molecule has 0 aliphatic carbocycles. The Bertz CT molecular complexity index is 1010. The Morgan fingerprint density at radius 1 is 1.22 bits per heavy atom. The molecule has 1 aliphatic rings. The minimum absolute atomic E-state index is 0. The van der Waals surface area contributed by atoms with Crippen molar-refractivity contribution < 1.29 is 19.7 Å². The normalized spacial score (nSPS) is 16.1. The molecule has 7 nitrogen and oxygen atoms in total. The first kappa shape index (κ1) is 17.0. The Labute approximate surface area is 154 Å². The van der Waals surface area contributed by atoms with Gasteiger partial charge in [-0.05, 0) is 42.3 Å². The van der Waals surface area contributed by atoms with Crippen LogP contribution in [0.2, 0.25) is 0 Å². The molecule has 27 heavy (non-hydrogen) atoms. The Morgan fingerprint density at radius 3 is 2.70 bits per heavy atom. The van der Waals surface area contributed by atoms with Gasteiger partial charge in [0, 0.05) is 13.2 Å². The van der Waals surface area contributed by atoms with Gasteiger partial charge in [0.1, 0.15) is 24.1 Å². The summed E-state index contributed by atoms with van der Waals surface area (Å²) in [7, 11) is 0. The van der Waals surface area contributed by atoms with Crippen LogP contribution in [0.15, 0.2) is 42.7 Å². The van der Waals surface area contributed by atoms with E-state index in [0.717, 1.165) is 29.3 Å². The standard InChI is InChI=1S/C18H15F2N5O2.H2/c1-10-2-11(16-8-21-18(26)27-16)4-14(3-10)23-17-22-9-25(24-17)15-6-12(19)5-13(20)7-15;/h2-7,9,16H,8H2,1H3,(H,21,26)(H,23,24);1H. The second-order valence-corrected chi connectivity index (χ2v) is 6.17. The van der Waals surface area contributed by atoms with Gasteiger partial charge in [0.05, 0.1) is 12.2 Å². The number of hydrogen-bond acceptors (Lipinski definition) is 5. The van der Waals surface area contributed by atoms with E-state index in [9.17, 15) is 13.6 Å². The summed E-state index contributed by atoms with van der Waals surface area (Å²) in [6.45, 7) is 2.32. The highest BCUT2D eigenvalue weighted by atomic mass is 19.1. The van der Waals surface area contributed by atoms with E-state index in [-0.39, 0.29) is 19.2 Å². The van der Waals surface area contributed by atoms with Crippen molar-refractivity contribution in [3.8, 4) is 5.69 Å². The van der Waals surface area contributed by atoms with Gasteiger partial charge in [0.2, 0.25) is 5.95 Å². The number of anilines is 2. The zero-order valence-corrected chi connectivity index (χ0v) is 14.2. The number of benzene rings is 2. The van der Waals surface area contributed by atoms with Gasteiger partial charge in [-0.2, -0.15) is 4.98 Å². The van der Waals surface area contributed by atoms with Crippen molar-refractivity contribution in [1.82, 2.24) is 20.1 Å². The Morgan fingerprint density at radius 2 is 2.00 bits per heavy atom. The molecule has 1 aliphatic heterocycles. The first-order chi connectivity index (χ1) is 13.0. The van der Waals surface area contributed by atoms with Crippen LogP contribution in [0, 0.1) is 18.6 Å². The molecule has 3 aromatic rings. The maximum absolute atomic E-state index is 13.4. The first-order valence-corrected chi connectivity index (χ1v) is 8.17. The zero-order valence-electron chi connectivity index (χ0n) is 14.2. The molecule has 0 spiro atoms. The van der Waals surface area contributed by atoms with Gasteiger partial charge in [-0.1, -0.05) is 6.07 Å². The Balaban J connectivity index is 0.00000225. The van der Waals surface area contributed by atoms with Crippen molar-refractivity contribution >= 4 is 17.7 Å². The van der Waals surface area contributed by atoms with E-state index in [1.807, 2.05) is 25.1 Å². The molecule has 1 unspecified atom stereocenters. The van der Waals surface area contributed by atoms with Gasteiger partial charge in [0.15, 0.2) is 0 Å². The molecular weight excluding hydrogens is 356 g/mol. The topological polar surface area (TPSA) is 81.1 Å². The highest BCUT2D eigenvalue weighted by molar-refractivity contribution is 5.70. The summed E-state index contributed by atoms with van der Waals surface area (Å²) in [4.78, 5) is 15.4. The predicted molar refractivity (Wildman–Crippen MR) is 95.1 cm³/mol. The van der Waals surface area contributed by atoms with Gasteiger partial charge in [0.25, 0.3) is 0 Å². The molecule has 2 N–H and O–H groups in total. The molecule has 140 valence electrons. The van der Waals surface area contributed by atoms with Crippen molar-refractivity contribution in [3.63, 3.8) is 0 Å². The minimum Gasteiger partial charge on any atom is -0.439 e. The molecule has 1 fully saturated rings. The SMILES string of the molecule is Cc1cc(Nc2ncn(-c3cc(F)cc(F)c3)n2)cc(C2CNC(=O)O2)c1.[HH]. The highest BCUT2D eigenvalue weighted by Gasteiger charge is 2.24. The molecular formula is C18H17F2N5O2. The zero-order chi connectivity index (χ0) is 19.0. The van der Waals surface area contributed by atoms with E-state index in [2.05, 4.69) is 20.7 Å². The number of carbonyl (C=O) groups is 1. The fourth-order valence-corrected chi connectivity index (χ4v) is 2.89. The molecule has 0 saturated carbocycles. The monoisotopic (exact) mass is 373 g/mol. The average Bonchev–Trinajstić information content (AvgIpc) is 3.22. The smallest absolute Gasteiger partial charge is 0.407 e. The lowest BCUT2D eigenvalue weighted by Crippen LogP contribution is -2.12. The number of carbonyl (C=O) groups excluding carboxylic acids is 1. The van der Waals surface area contributed by atoms with Crippen LogP contribution in [0.1, 0.15) is 18.7 Å². The predicted octanol–water partition coefficient (Wildman–Crippen LogP) is 3.62. The van der Waals surface area contributed by atoms with Crippen LogP contribution < -0.4 is 10.6 Å². The summed E-state index contributed by atoms with van der Waals surface area (Å²) in [5.41, 5.74) is 2.73. The lowest BCUT2D eigenvalue weighted by Gasteiger charge is -2.12. The highest BCUT2D eigenvalue weighted by Crippen LogP contribution is 2.26. The van der Waals surface area contributed by atoms with Crippen LogP contribution in [-0.4, -0.2) is 27.4 Å². The number of halogens is 2. The van der Waals surface area contributed by atoms with Gasteiger partial charge >= 0.3 is 6.09 Å². The summed E-state index contributed by atoms with van der Waals surface area (Å²) in [5, 5.41) is 9.85. The van der Waals surface area contributed by atoms with Crippen molar-refractivity contribution in [2.24, 2.45) is 0 Å². The van der Waals surface area contributed by atoms with Gasteiger partial charge in [-0.3, -0.25) is 0 Å². The molecule has 1 atom stereocenters. The van der Waals surface area contributed by atoms with Crippen molar-refractivity contribution in [2.45, 2.75) is 13.0 Å². The summed E-state index contributed by atoms with van der Waals surface area (Å²) < 4.78 is 33.2. The van der Waals surface area contributed by atoms with E-state index in [1.54, 1.807) is 0 Å². The second-order valence-electron chi connectivity index (χ2n) is 6.17. The van der Waals surface area contributed by atoms with Crippen LogP contribution in [0.5, 0.6) is 0 Å². The number of rotatable bonds is 4. The van der Waals surface area contributed by atoms with Crippen LogP contribution in [0.25, 0.3) is 5.69 Å². The van der Waals surface area contributed by atoms with Crippen LogP contribution in [0.4, 0.5) is 25.2 Å². The van der Waals surface area contributed by atoms with Gasteiger partial charge < -0.3 is 15.4 Å². The van der Waals surface area contributed by atoms with E-state index in [1.165, 1.54) is 11.0 Å². The molecule has 0 bridgehead atoms. The molecule has 1 aromatic heterocycles. The van der Waals surface area contributed by atoms with Crippen LogP contribution in [0.3, 0.4) is 0 Å². The number of alkyl carbamates (subject to hydrolysis) is 1. The molecule has 9 heteroatoms. The lowest BCUT2D eigenvalue weighted by molar-refractivity contribution is 0.141. The molecule has 1 amide bonds.